The number of rotatable bonds is 28. The third-order valence-electron chi connectivity index (χ3n) is 7.99. The number of hydrogen-bond donors (Lipinski definition) is 2. The van der Waals surface area contributed by atoms with E-state index in [0.29, 0.717) is 25.9 Å². The van der Waals surface area contributed by atoms with E-state index in [1.165, 1.54) is 116 Å². The highest BCUT2D eigenvalue weighted by atomic mass is 16.2. The first-order chi connectivity index (χ1) is 19.7. The van der Waals surface area contributed by atoms with E-state index in [1.807, 2.05) is 18.2 Å². The van der Waals surface area contributed by atoms with Crippen molar-refractivity contribution < 1.29 is 9.59 Å². The van der Waals surface area contributed by atoms with Crippen LogP contribution in [0.1, 0.15) is 179 Å². The fourth-order valence-corrected chi connectivity index (χ4v) is 5.33. The molecule has 0 fully saturated rings. The molecule has 4 heteroatoms. The van der Waals surface area contributed by atoms with Gasteiger partial charge in [0.2, 0.25) is 11.8 Å². The monoisotopic (exact) mass is 556 g/mol. The standard InChI is InChI=1S/C36H64N2O2/c1-3-5-7-9-11-13-15-17-19-21-23-28-35(39)37-31-33-26-25-27-34(30-33)32-38-36(40)29-24-22-20-18-16-14-12-10-8-6-4-2/h25-27,30H,3-24,28-29,31-32H2,1-2H3,(H,37,39)(H,38,40). The average molecular weight is 557 g/mol. The van der Waals surface area contributed by atoms with Crippen LogP contribution in [0.5, 0.6) is 0 Å². The summed E-state index contributed by atoms with van der Waals surface area (Å²) in [4.78, 5) is 24.5. The van der Waals surface area contributed by atoms with Crippen molar-refractivity contribution >= 4 is 11.8 Å². The van der Waals surface area contributed by atoms with Gasteiger partial charge in [0, 0.05) is 25.9 Å². The molecule has 0 aliphatic carbocycles. The van der Waals surface area contributed by atoms with E-state index in [9.17, 15) is 9.59 Å². The molecule has 0 saturated heterocycles. The first kappa shape index (κ1) is 36.2. The lowest BCUT2D eigenvalue weighted by Gasteiger charge is -2.09. The van der Waals surface area contributed by atoms with Crippen molar-refractivity contribution in [1.82, 2.24) is 10.6 Å². The topological polar surface area (TPSA) is 58.2 Å². The second-order valence-corrected chi connectivity index (χ2v) is 11.9. The van der Waals surface area contributed by atoms with Gasteiger partial charge in [0.1, 0.15) is 0 Å². The lowest BCUT2D eigenvalue weighted by molar-refractivity contribution is -0.122. The van der Waals surface area contributed by atoms with E-state index >= 15 is 0 Å². The lowest BCUT2D eigenvalue weighted by atomic mass is 10.1. The SMILES string of the molecule is CCCCCCCCCCCCCC(=O)NCc1cccc(CNC(=O)CCCCCCCCCCCCC)c1. The van der Waals surface area contributed by atoms with Gasteiger partial charge in [0.05, 0.1) is 0 Å². The van der Waals surface area contributed by atoms with Crippen LogP contribution in [0.25, 0.3) is 0 Å². The molecule has 0 aliphatic heterocycles. The molecule has 230 valence electrons. The van der Waals surface area contributed by atoms with Gasteiger partial charge in [-0.15, -0.1) is 0 Å². The fraction of sp³-hybridized carbons (Fsp3) is 0.778. The van der Waals surface area contributed by atoms with E-state index < -0.39 is 0 Å². The number of hydrogen-bond acceptors (Lipinski definition) is 2. The Balaban J connectivity index is 2.02. The van der Waals surface area contributed by atoms with Crippen molar-refractivity contribution in [3.63, 3.8) is 0 Å². The maximum Gasteiger partial charge on any atom is 0.220 e. The summed E-state index contributed by atoms with van der Waals surface area (Å²) >= 11 is 0. The van der Waals surface area contributed by atoms with Crippen molar-refractivity contribution in [2.24, 2.45) is 0 Å². The van der Waals surface area contributed by atoms with Gasteiger partial charge in [-0.1, -0.05) is 167 Å². The molecule has 1 rings (SSSR count). The Bertz CT molecular complexity index is 676. The second-order valence-electron chi connectivity index (χ2n) is 11.9. The van der Waals surface area contributed by atoms with Gasteiger partial charge in [0.25, 0.3) is 0 Å². The first-order valence-corrected chi connectivity index (χ1v) is 17.3. The van der Waals surface area contributed by atoms with E-state index in [-0.39, 0.29) is 11.8 Å². The Labute approximate surface area is 248 Å². The van der Waals surface area contributed by atoms with Crippen LogP contribution >= 0.6 is 0 Å². The minimum absolute atomic E-state index is 0.140. The molecule has 2 amide bonds. The fourth-order valence-electron chi connectivity index (χ4n) is 5.33. The minimum atomic E-state index is 0.140. The molecule has 1 aromatic rings. The largest absolute Gasteiger partial charge is 0.352 e. The molecule has 0 bridgehead atoms. The van der Waals surface area contributed by atoms with Gasteiger partial charge in [-0.3, -0.25) is 9.59 Å². The predicted octanol–water partition coefficient (Wildman–Crippen LogP) is 10.3. The number of carbonyl (C=O) groups is 2. The number of nitrogens with one attached hydrogen (secondary N) is 2. The highest BCUT2D eigenvalue weighted by molar-refractivity contribution is 5.76. The maximum absolute atomic E-state index is 12.3. The Kier molecular flexibility index (Phi) is 24.7. The van der Waals surface area contributed by atoms with Gasteiger partial charge < -0.3 is 10.6 Å². The van der Waals surface area contributed by atoms with E-state index in [4.69, 9.17) is 0 Å². The number of benzene rings is 1. The van der Waals surface area contributed by atoms with Gasteiger partial charge in [0.15, 0.2) is 0 Å². The van der Waals surface area contributed by atoms with Gasteiger partial charge >= 0.3 is 0 Å². The summed E-state index contributed by atoms with van der Waals surface area (Å²) in [7, 11) is 0. The number of amides is 2. The second kappa shape index (κ2) is 27.3. The summed E-state index contributed by atoms with van der Waals surface area (Å²) in [6.45, 7) is 5.64. The van der Waals surface area contributed by atoms with Crippen molar-refractivity contribution in [3.8, 4) is 0 Å². The molecular weight excluding hydrogens is 492 g/mol. The molecule has 40 heavy (non-hydrogen) atoms. The average Bonchev–Trinajstić information content (AvgIpc) is 2.96. The maximum atomic E-state index is 12.3. The van der Waals surface area contributed by atoms with Crippen LogP contribution in [0.3, 0.4) is 0 Å². The molecule has 0 aliphatic rings. The molecule has 0 spiro atoms. The van der Waals surface area contributed by atoms with Crippen LogP contribution in [-0.4, -0.2) is 11.8 Å². The molecule has 0 saturated carbocycles. The van der Waals surface area contributed by atoms with Gasteiger partial charge in [-0.25, -0.2) is 0 Å². The molecule has 0 atom stereocenters. The van der Waals surface area contributed by atoms with E-state index in [0.717, 1.165) is 36.8 Å². The molecule has 0 radical (unpaired) electrons. The summed E-state index contributed by atoms with van der Waals surface area (Å²) in [6, 6.07) is 8.18. The Morgan fingerprint density at radius 1 is 0.475 bits per heavy atom. The zero-order valence-electron chi connectivity index (χ0n) is 26.5. The van der Waals surface area contributed by atoms with Crippen LogP contribution in [0.4, 0.5) is 0 Å². The van der Waals surface area contributed by atoms with Gasteiger partial charge in [-0.05, 0) is 24.0 Å². The molecule has 2 N–H and O–H groups in total. The summed E-state index contributed by atoms with van der Waals surface area (Å²) < 4.78 is 0. The predicted molar refractivity (Wildman–Crippen MR) is 172 cm³/mol. The van der Waals surface area contributed by atoms with Crippen molar-refractivity contribution in [2.75, 3.05) is 0 Å². The third kappa shape index (κ3) is 22.9. The summed E-state index contributed by atoms with van der Waals surface area (Å²) in [5.74, 6) is 0.281. The third-order valence-corrected chi connectivity index (χ3v) is 7.99. The molecule has 0 heterocycles. The normalized spacial score (nSPS) is 11.1. The van der Waals surface area contributed by atoms with Crippen LogP contribution < -0.4 is 10.6 Å². The molecule has 0 unspecified atom stereocenters. The summed E-state index contributed by atoms with van der Waals surface area (Å²) in [5, 5.41) is 6.13. The number of carbonyl (C=O) groups excluding carboxylic acids is 2. The zero-order valence-corrected chi connectivity index (χ0v) is 26.5. The van der Waals surface area contributed by atoms with Crippen LogP contribution in [0.2, 0.25) is 0 Å². The van der Waals surface area contributed by atoms with Crippen molar-refractivity contribution in [3.05, 3.63) is 35.4 Å². The van der Waals surface area contributed by atoms with Crippen LogP contribution in [0.15, 0.2) is 24.3 Å². The number of unbranched alkanes of at least 4 members (excludes halogenated alkanes) is 20. The first-order valence-electron chi connectivity index (χ1n) is 17.3. The van der Waals surface area contributed by atoms with Crippen LogP contribution in [0, 0.1) is 0 Å². The zero-order chi connectivity index (χ0) is 28.9. The Morgan fingerprint density at radius 2 is 0.775 bits per heavy atom. The van der Waals surface area contributed by atoms with Crippen molar-refractivity contribution in [1.29, 1.82) is 0 Å². The Morgan fingerprint density at radius 3 is 1.10 bits per heavy atom. The Hall–Kier alpha value is -1.84. The van der Waals surface area contributed by atoms with E-state index in [2.05, 4.69) is 30.5 Å². The van der Waals surface area contributed by atoms with E-state index in [1.54, 1.807) is 0 Å². The van der Waals surface area contributed by atoms with Crippen molar-refractivity contribution in [2.45, 2.75) is 181 Å². The minimum Gasteiger partial charge on any atom is -0.352 e. The summed E-state index contributed by atoms with van der Waals surface area (Å²) in [5.41, 5.74) is 2.17. The molecule has 1 aromatic carbocycles. The summed E-state index contributed by atoms with van der Waals surface area (Å²) in [6.07, 6.45) is 29.8. The van der Waals surface area contributed by atoms with Crippen LogP contribution in [-0.2, 0) is 22.7 Å². The highest BCUT2D eigenvalue weighted by Gasteiger charge is 2.05. The highest BCUT2D eigenvalue weighted by Crippen LogP contribution is 2.13. The smallest absolute Gasteiger partial charge is 0.220 e. The molecular formula is C36H64N2O2. The molecule has 4 nitrogen and oxygen atoms in total. The quantitative estimate of drug-likeness (QED) is 0.101. The molecule has 0 aromatic heterocycles. The lowest BCUT2D eigenvalue weighted by Crippen LogP contribution is -2.23. The van der Waals surface area contributed by atoms with Gasteiger partial charge in [-0.2, -0.15) is 0 Å².